The molecule has 1 amide bonds. The molecular weight excluding hydrogens is 314 g/mol. The average Bonchev–Trinajstić information content (AvgIpc) is 3.53. The molecule has 1 aliphatic carbocycles. The summed E-state index contributed by atoms with van der Waals surface area (Å²) in [4.78, 5) is 23.4. The third-order valence-electron chi connectivity index (χ3n) is 5.00. The highest BCUT2D eigenvalue weighted by Crippen LogP contribution is 2.39. The van der Waals surface area contributed by atoms with Crippen molar-refractivity contribution < 1.29 is 9.53 Å². The first-order valence-corrected chi connectivity index (χ1v) is 9.05. The second kappa shape index (κ2) is 6.92. The van der Waals surface area contributed by atoms with E-state index < -0.39 is 0 Å². The van der Waals surface area contributed by atoms with Gasteiger partial charge in [0.2, 0.25) is 0 Å². The summed E-state index contributed by atoms with van der Waals surface area (Å²) in [5, 5.41) is 0. The lowest BCUT2D eigenvalue weighted by Gasteiger charge is -2.38. The Morgan fingerprint density at radius 1 is 1.16 bits per heavy atom. The zero-order valence-corrected chi connectivity index (χ0v) is 14.5. The summed E-state index contributed by atoms with van der Waals surface area (Å²) in [5.41, 5.74) is 1.68. The summed E-state index contributed by atoms with van der Waals surface area (Å²) in [6, 6.07) is 10.2. The van der Waals surface area contributed by atoms with Crippen molar-refractivity contribution in [3.8, 4) is 0 Å². The number of aromatic nitrogens is 2. The first-order chi connectivity index (χ1) is 12.2. The molecule has 5 nitrogen and oxygen atoms in total. The molecule has 0 bridgehead atoms. The van der Waals surface area contributed by atoms with Crippen LogP contribution in [0.15, 0.2) is 42.7 Å². The Labute approximate surface area is 148 Å². The predicted molar refractivity (Wildman–Crippen MR) is 94.1 cm³/mol. The molecule has 1 saturated carbocycles. The largest absolute Gasteiger partial charge is 0.366 e. The minimum atomic E-state index is -0.0691. The molecule has 1 saturated heterocycles. The molecule has 2 heterocycles. The number of carbonyl (C=O) groups excluding carboxylic acids is 1. The number of aryl methyl sites for hydroxylation is 1. The lowest BCUT2D eigenvalue weighted by atomic mass is 10.0. The smallest absolute Gasteiger partial charge is 0.257 e. The van der Waals surface area contributed by atoms with Crippen LogP contribution in [0.4, 0.5) is 0 Å². The molecule has 1 aromatic heterocycles. The molecule has 0 unspecified atom stereocenters. The van der Waals surface area contributed by atoms with Crippen molar-refractivity contribution >= 4 is 5.91 Å². The van der Waals surface area contributed by atoms with E-state index in [0.29, 0.717) is 24.6 Å². The number of morpholine rings is 1. The summed E-state index contributed by atoms with van der Waals surface area (Å²) in [5.74, 6) is 1.34. The van der Waals surface area contributed by atoms with Gasteiger partial charge in [-0.15, -0.1) is 0 Å². The zero-order chi connectivity index (χ0) is 17.2. The molecule has 0 radical (unpaired) electrons. The van der Waals surface area contributed by atoms with Gasteiger partial charge >= 0.3 is 0 Å². The second-order valence-electron chi connectivity index (χ2n) is 6.86. The quantitative estimate of drug-likeness (QED) is 0.860. The lowest BCUT2D eigenvalue weighted by molar-refractivity contribution is -0.0864. The van der Waals surface area contributed by atoms with Crippen molar-refractivity contribution in [1.82, 2.24) is 14.9 Å². The van der Waals surface area contributed by atoms with Gasteiger partial charge in [0.25, 0.3) is 5.91 Å². The molecule has 2 aliphatic rings. The first-order valence-electron chi connectivity index (χ1n) is 9.05. The Balaban J connectivity index is 1.55. The van der Waals surface area contributed by atoms with Crippen LogP contribution in [0, 0.1) is 5.92 Å². The van der Waals surface area contributed by atoms with E-state index in [4.69, 9.17) is 4.74 Å². The number of nitrogens with zero attached hydrogens (tertiary/aromatic N) is 3. The van der Waals surface area contributed by atoms with Gasteiger partial charge in [-0.25, -0.2) is 9.97 Å². The Morgan fingerprint density at radius 3 is 2.52 bits per heavy atom. The van der Waals surface area contributed by atoms with Crippen LogP contribution in [-0.4, -0.2) is 40.0 Å². The van der Waals surface area contributed by atoms with Gasteiger partial charge in [-0.2, -0.15) is 0 Å². The number of ether oxygens (including phenoxy) is 1. The zero-order valence-electron chi connectivity index (χ0n) is 14.5. The maximum absolute atomic E-state index is 13.0. The van der Waals surface area contributed by atoms with E-state index >= 15 is 0 Å². The van der Waals surface area contributed by atoms with Crippen LogP contribution in [0.1, 0.15) is 47.6 Å². The Hall–Kier alpha value is -2.27. The summed E-state index contributed by atoms with van der Waals surface area (Å²) < 4.78 is 6.32. The summed E-state index contributed by atoms with van der Waals surface area (Å²) >= 11 is 0. The summed E-state index contributed by atoms with van der Waals surface area (Å²) in [6.45, 7) is 3.23. The number of rotatable bonds is 4. The third kappa shape index (κ3) is 3.56. The molecule has 2 fully saturated rings. The molecule has 4 rings (SSSR count). The predicted octanol–water partition coefficient (Wildman–Crippen LogP) is 3.03. The van der Waals surface area contributed by atoms with Gasteiger partial charge in [-0.05, 0) is 24.3 Å². The van der Waals surface area contributed by atoms with E-state index in [2.05, 4.69) is 22.1 Å². The van der Waals surface area contributed by atoms with Crippen LogP contribution >= 0.6 is 0 Å². The van der Waals surface area contributed by atoms with E-state index in [1.807, 2.05) is 30.0 Å². The van der Waals surface area contributed by atoms with Crippen molar-refractivity contribution in [3.63, 3.8) is 0 Å². The maximum atomic E-state index is 13.0. The van der Waals surface area contributed by atoms with Crippen molar-refractivity contribution in [1.29, 1.82) is 0 Å². The highest BCUT2D eigenvalue weighted by molar-refractivity contribution is 5.93. The first kappa shape index (κ1) is 16.2. The van der Waals surface area contributed by atoms with Crippen molar-refractivity contribution in [2.45, 2.75) is 38.4 Å². The van der Waals surface area contributed by atoms with Gasteiger partial charge in [0, 0.05) is 25.4 Å². The molecule has 2 atom stereocenters. The SMILES string of the molecule is CCc1ncc(C(=O)N2C[C@@H](c3ccccc3)O[C@@H](C3CC3)C2)cn1. The topological polar surface area (TPSA) is 55.3 Å². The second-order valence-corrected chi connectivity index (χ2v) is 6.86. The highest BCUT2D eigenvalue weighted by Gasteiger charge is 2.40. The molecule has 2 aromatic rings. The van der Waals surface area contributed by atoms with Gasteiger partial charge in [-0.1, -0.05) is 37.3 Å². The fourth-order valence-electron chi connectivity index (χ4n) is 3.37. The van der Waals surface area contributed by atoms with Crippen LogP contribution in [0.25, 0.3) is 0 Å². The number of hydrogen-bond acceptors (Lipinski definition) is 4. The average molecular weight is 337 g/mol. The van der Waals surface area contributed by atoms with Gasteiger partial charge in [-0.3, -0.25) is 4.79 Å². The Morgan fingerprint density at radius 2 is 1.88 bits per heavy atom. The molecule has 5 heteroatoms. The molecule has 130 valence electrons. The fraction of sp³-hybridized carbons (Fsp3) is 0.450. The van der Waals surface area contributed by atoms with Gasteiger partial charge in [0.05, 0.1) is 18.2 Å². The van der Waals surface area contributed by atoms with Crippen LogP contribution < -0.4 is 0 Å². The van der Waals surface area contributed by atoms with E-state index in [1.54, 1.807) is 12.4 Å². The highest BCUT2D eigenvalue weighted by atomic mass is 16.5. The summed E-state index contributed by atoms with van der Waals surface area (Å²) in [7, 11) is 0. The van der Waals surface area contributed by atoms with Crippen molar-refractivity contribution in [2.75, 3.05) is 13.1 Å². The normalized spacial score (nSPS) is 23.5. The number of hydrogen-bond donors (Lipinski definition) is 0. The van der Waals surface area contributed by atoms with E-state index in [1.165, 1.54) is 12.8 Å². The van der Waals surface area contributed by atoms with Gasteiger partial charge in [0.1, 0.15) is 11.9 Å². The lowest BCUT2D eigenvalue weighted by Crippen LogP contribution is -2.47. The molecule has 0 N–H and O–H groups in total. The minimum absolute atomic E-state index is 0.00228. The van der Waals surface area contributed by atoms with Crippen LogP contribution in [-0.2, 0) is 11.2 Å². The third-order valence-corrected chi connectivity index (χ3v) is 5.00. The van der Waals surface area contributed by atoms with E-state index in [0.717, 1.165) is 17.8 Å². The molecule has 1 aromatic carbocycles. The number of amides is 1. The van der Waals surface area contributed by atoms with Crippen molar-refractivity contribution in [3.05, 3.63) is 59.7 Å². The Kier molecular flexibility index (Phi) is 4.49. The standard InChI is InChI=1S/C20H23N3O2/c1-2-19-21-10-16(11-22-19)20(24)23-12-17(14-6-4-3-5-7-14)25-18(13-23)15-8-9-15/h3-7,10-11,15,17-18H,2,8-9,12-13H2,1H3/t17-,18+/m0/s1. The molecule has 0 spiro atoms. The van der Waals surface area contributed by atoms with Crippen LogP contribution in [0.2, 0.25) is 0 Å². The molecule has 1 aliphatic heterocycles. The number of carbonyl (C=O) groups is 1. The monoisotopic (exact) mass is 337 g/mol. The van der Waals surface area contributed by atoms with Crippen LogP contribution in [0.5, 0.6) is 0 Å². The maximum Gasteiger partial charge on any atom is 0.257 e. The molecular formula is C20H23N3O2. The molecule has 25 heavy (non-hydrogen) atoms. The number of benzene rings is 1. The van der Waals surface area contributed by atoms with Crippen molar-refractivity contribution in [2.24, 2.45) is 5.92 Å². The van der Waals surface area contributed by atoms with E-state index in [9.17, 15) is 4.79 Å². The summed E-state index contributed by atoms with van der Waals surface area (Å²) in [6.07, 6.45) is 6.51. The minimum Gasteiger partial charge on any atom is -0.366 e. The van der Waals surface area contributed by atoms with Crippen LogP contribution in [0.3, 0.4) is 0 Å². The van der Waals surface area contributed by atoms with E-state index in [-0.39, 0.29) is 18.1 Å². The Bertz CT molecular complexity index is 728. The fourth-order valence-corrected chi connectivity index (χ4v) is 3.37. The van der Waals surface area contributed by atoms with Gasteiger partial charge in [0.15, 0.2) is 0 Å². The van der Waals surface area contributed by atoms with Gasteiger partial charge < -0.3 is 9.64 Å².